The van der Waals surface area contributed by atoms with E-state index < -0.39 is 22.6 Å². The van der Waals surface area contributed by atoms with E-state index in [-0.39, 0.29) is 35.5 Å². The van der Waals surface area contributed by atoms with Crippen LogP contribution in [-0.2, 0) is 4.74 Å². The first-order valence-electron chi connectivity index (χ1n) is 7.97. The van der Waals surface area contributed by atoms with E-state index in [1.54, 1.807) is 0 Å². The van der Waals surface area contributed by atoms with Crippen molar-refractivity contribution in [3.05, 3.63) is 69.3 Å². The number of rotatable bonds is 6. The SMILES string of the molecule is COCCN1C(=O)c2ccc(NC(=O)c3cccc([N+](=O)[O-])c3)cc2C1=O. The van der Waals surface area contributed by atoms with Gasteiger partial charge in [0.25, 0.3) is 23.4 Å². The third-order valence-electron chi connectivity index (χ3n) is 4.07. The van der Waals surface area contributed by atoms with Gasteiger partial charge in [-0.25, -0.2) is 0 Å². The number of carbonyl (C=O) groups is 3. The molecule has 1 aliphatic rings. The first-order chi connectivity index (χ1) is 12.9. The number of hydrogen-bond donors (Lipinski definition) is 1. The lowest BCUT2D eigenvalue weighted by molar-refractivity contribution is -0.384. The third kappa shape index (κ3) is 3.53. The molecule has 0 spiro atoms. The summed E-state index contributed by atoms with van der Waals surface area (Å²) in [7, 11) is 1.47. The van der Waals surface area contributed by atoms with Crippen molar-refractivity contribution in [2.24, 2.45) is 0 Å². The minimum Gasteiger partial charge on any atom is -0.383 e. The van der Waals surface area contributed by atoms with Crippen LogP contribution in [0.4, 0.5) is 11.4 Å². The van der Waals surface area contributed by atoms with Gasteiger partial charge in [0, 0.05) is 30.5 Å². The summed E-state index contributed by atoms with van der Waals surface area (Å²) >= 11 is 0. The van der Waals surface area contributed by atoms with Crippen LogP contribution in [0.3, 0.4) is 0 Å². The first kappa shape index (κ1) is 18.2. The summed E-state index contributed by atoms with van der Waals surface area (Å²) in [6, 6.07) is 9.67. The normalized spacial score (nSPS) is 12.9. The second-order valence-corrected chi connectivity index (χ2v) is 5.78. The number of carbonyl (C=O) groups excluding carboxylic acids is 3. The monoisotopic (exact) mass is 369 g/mol. The van der Waals surface area contributed by atoms with Crippen LogP contribution >= 0.6 is 0 Å². The number of ether oxygens (including phenoxy) is 1. The second kappa shape index (κ2) is 7.34. The fourth-order valence-electron chi connectivity index (χ4n) is 2.72. The Labute approximate surface area is 153 Å². The average molecular weight is 369 g/mol. The molecule has 0 aromatic heterocycles. The van der Waals surface area contributed by atoms with E-state index in [0.717, 1.165) is 11.0 Å². The zero-order valence-corrected chi connectivity index (χ0v) is 14.3. The zero-order valence-electron chi connectivity index (χ0n) is 14.3. The van der Waals surface area contributed by atoms with Crippen molar-refractivity contribution in [3.8, 4) is 0 Å². The summed E-state index contributed by atoms with van der Waals surface area (Å²) in [5.74, 6) is -1.44. The van der Waals surface area contributed by atoms with Gasteiger partial charge >= 0.3 is 0 Å². The lowest BCUT2D eigenvalue weighted by Crippen LogP contribution is -2.32. The summed E-state index contributed by atoms with van der Waals surface area (Å²) in [6.07, 6.45) is 0. The van der Waals surface area contributed by atoms with Crippen molar-refractivity contribution in [2.75, 3.05) is 25.6 Å². The molecule has 9 heteroatoms. The lowest BCUT2D eigenvalue weighted by Gasteiger charge is -2.12. The number of imide groups is 1. The number of fused-ring (bicyclic) bond motifs is 1. The highest BCUT2D eigenvalue weighted by molar-refractivity contribution is 6.22. The van der Waals surface area contributed by atoms with Crippen LogP contribution < -0.4 is 5.32 Å². The molecule has 9 nitrogen and oxygen atoms in total. The Kier molecular flexibility index (Phi) is 4.95. The van der Waals surface area contributed by atoms with Crippen molar-refractivity contribution in [2.45, 2.75) is 0 Å². The smallest absolute Gasteiger partial charge is 0.270 e. The van der Waals surface area contributed by atoms with Crippen LogP contribution in [0.1, 0.15) is 31.1 Å². The van der Waals surface area contributed by atoms with E-state index in [2.05, 4.69) is 5.32 Å². The first-order valence-corrected chi connectivity index (χ1v) is 7.97. The molecule has 2 aromatic rings. The maximum Gasteiger partial charge on any atom is 0.270 e. The molecule has 2 aromatic carbocycles. The molecule has 0 saturated heterocycles. The summed E-state index contributed by atoms with van der Waals surface area (Å²) < 4.78 is 4.90. The Morgan fingerprint density at radius 1 is 1.15 bits per heavy atom. The van der Waals surface area contributed by atoms with E-state index in [0.29, 0.717) is 5.69 Å². The molecular formula is C18H15N3O6. The van der Waals surface area contributed by atoms with Crippen LogP contribution in [-0.4, -0.2) is 47.8 Å². The molecule has 0 bridgehead atoms. The maximum atomic E-state index is 12.4. The van der Waals surface area contributed by atoms with Crippen LogP contribution in [0.2, 0.25) is 0 Å². The van der Waals surface area contributed by atoms with E-state index in [1.807, 2.05) is 0 Å². The Hall–Kier alpha value is -3.59. The summed E-state index contributed by atoms with van der Waals surface area (Å²) in [5.41, 5.74) is 0.650. The van der Waals surface area contributed by atoms with Crippen LogP contribution in [0.25, 0.3) is 0 Å². The second-order valence-electron chi connectivity index (χ2n) is 5.78. The van der Waals surface area contributed by atoms with Gasteiger partial charge in [0.2, 0.25) is 0 Å². The average Bonchev–Trinajstić information content (AvgIpc) is 2.90. The number of nitrogens with zero attached hydrogens (tertiary/aromatic N) is 2. The van der Waals surface area contributed by atoms with Gasteiger partial charge in [-0.15, -0.1) is 0 Å². The molecule has 0 aliphatic carbocycles. The van der Waals surface area contributed by atoms with E-state index >= 15 is 0 Å². The van der Waals surface area contributed by atoms with Gasteiger partial charge in [-0.3, -0.25) is 29.4 Å². The van der Waals surface area contributed by atoms with Crippen molar-refractivity contribution in [1.82, 2.24) is 4.90 Å². The Morgan fingerprint density at radius 2 is 1.89 bits per heavy atom. The third-order valence-corrected chi connectivity index (χ3v) is 4.07. The van der Waals surface area contributed by atoms with E-state index in [9.17, 15) is 24.5 Å². The Balaban J connectivity index is 1.81. The van der Waals surface area contributed by atoms with Gasteiger partial charge in [-0.1, -0.05) is 6.07 Å². The standard InChI is InChI=1S/C18H15N3O6/c1-27-8-7-20-17(23)14-6-5-12(10-15(14)18(20)24)19-16(22)11-3-2-4-13(9-11)21(25)26/h2-6,9-10H,7-8H2,1H3,(H,19,22). The molecule has 0 fully saturated rings. The van der Waals surface area contributed by atoms with Crippen molar-refractivity contribution in [1.29, 1.82) is 0 Å². The number of nitro benzene ring substituents is 1. The number of methoxy groups -OCH3 is 1. The number of anilines is 1. The number of non-ortho nitro benzene ring substituents is 1. The zero-order chi connectivity index (χ0) is 19.6. The van der Waals surface area contributed by atoms with Gasteiger partial charge in [0.15, 0.2) is 0 Å². The van der Waals surface area contributed by atoms with Gasteiger partial charge in [-0.2, -0.15) is 0 Å². The molecule has 138 valence electrons. The molecule has 1 heterocycles. The van der Waals surface area contributed by atoms with E-state index in [1.165, 1.54) is 43.5 Å². The van der Waals surface area contributed by atoms with Crippen molar-refractivity contribution < 1.29 is 24.0 Å². The van der Waals surface area contributed by atoms with Crippen molar-refractivity contribution >= 4 is 29.1 Å². The van der Waals surface area contributed by atoms with Crippen LogP contribution in [0.5, 0.6) is 0 Å². The Morgan fingerprint density at radius 3 is 2.59 bits per heavy atom. The Bertz CT molecular complexity index is 956. The fraction of sp³-hybridized carbons (Fsp3) is 0.167. The van der Waals surface area contributed by atoms with Crippen molar-refractivity contribution in [3.63, 3.8) is 0 Å². The highest BCUT2D eigenvalue weighted by Gasteiger charge is 2.35. The molecule has 0 atom stereocenters. The number of hydrogen-bond acceptors (Lipinski definition) is 6. The quantitative estimate of drug-likeness (QED) is 0.473. The summed E-state index contributed by atoms with van der Waals surface area (Å²) in [5, 5.41) is 13.4. The summed E-state index contributed by atoms with van der Waals surface area (Å²) in [4.78, 5) is 48.3. The van der Waals surface area contributed by atoms with E-state index in [4.69, 9.17) is 4.74 Å². The lowest BCUT2D eigenvalue weighted by atomic mass is 10.1. The molecule has 1 N–H and O–H groups in total. The molecule has 3 rings (SSSR count). The number of amides is 3. The van der Waals surface area contributed by atoms with Gasteiger partial charge in [-0.05, 0) is 24.3 Å². The summed E-state index contributed by atoms with van der Waals surface area (Å²) in [6.45, 7) is 0.361. The highest BCUT2D eigenvalue weighted by Crippen LogP contribution is 2.26. The minimum absolute atomic E-state index is 0.105. The molecule has 0 saturated carbocycles. The number of benzene rings is 2. The highest BCUT2D eigenvalue weighted by atomic mass is 16.6. The molecule has 1 aliphatic heterocycles. The van der Waals surface area contributed by atoms with Crippen LogP contribution in [0, 0.1) is 10.1 Å². The van der Waals surface area contributed by atoms with Gasteiger partial charge in [0.05, 0.1) is 29.2 Å². The number of nitrogens with one attached hydrogen (secondary N) is 1. The molecule has 0 unspecified atom stereocenters. The predicted molar refractivity (Wildman–Crippen MR) is 94.7 cm³/mol. The molecular weight excluding hydrogens is 354 g/mol. The fourth-order valence-corrected chi connectivity index (χ4v) is 2.72. The maximum absolute atomic E-state index is 12.4. The van der Waals surface area contributed by atoms with Crippen LogP contribution in [0.15, 0.2) is 42.5 Å². The topological polar surface area (TPSA) is 119 Å². The number of nitro groups is 1. The molecule has 0 radical (unpaired) electrons. The molecule has 3 amide bonds. The molecule has 27 heavy (non-hydrogen) atoms. The van der Waals surface area contributed by atoms with Gasteiger partial charge in [0.1, 0.15) is 0 Å². The minimum atomic E-state index is -0.592. The largest absolute Gasteiger partial charge is 0.383 e. The predicted octanol–water partition coefficient (Wildman–Crippen LogP) is 2.09. The van der Waals surface area contributed by atoms with Gasteiger partial charge < -0.3 is 10.1 Å².